The number of rotatable bonds is 9. The molecule has 0 saturated heterocycles. The Morgan fingerprint density at radius 3 is 2.51 bits per heavy atom. The largest absolute Gasteiger partial charge is 0.496 e. The highest BCUT2D eigenvalue weighted by molar-refractivity contribution is 7.92. The van der Waals surface area contributed by atoms with E-state index in [9.17, 15) is 18.2 Å². The SMILES string of the molecule is COc1cc(F)ccc1-c1ncnc(Nc2cccc(C[S@@](C)(=O)=NC(=O)[C@@H](NC(=O)OC(C)(C)C)C(C)C)c2)n1. The van der Waals surface area contributed by atoms with E-state index in [-0.39, 0.29) is 29.2 Å². The van der Waals surface area contributed by atoms with Crippen molar-refractivity contribution in [2.75, 3.05) is 18.7 Å². The van der Waals surface area contributed by atoms with Crippen LogP contribution >= 0.6 is 0 Å². The molecule has 2 atom stereocenters. The smallest absolute Gasteiger partial charge is 0.408 e. The van der Waals surface area contributed by atoms with Crippen molar-refractivity contribution in [3.8, 4) is 17.1 Å². The van der Waals surface area contributed by atoms with Crippen molar-refractivity contribution in [3.63, 3.8) is 0 Å². The normalized spacial score (nSPS) is 13.6. The molecule has 3 rings (SSSR count). The number of alkyl carbamates (subject to hydrolysis) is 1. The number of ether oxygens (including phenoxy) is 2. The fraction of sp³-hybridized carbons (Fsp3) is 0.393. The third-order valence-electron chi connectivity index (χ3n) is 5.48. The predicted molar refractivity (Wildman–Crippen MR) is 155 cm³/mol. The van der Waals surface area contributed by atoms with Gasteiger partial charge >= 0.3 is 6.09 Å². The lowest BCUT2D eigenvalue weighted by Gasteiger charge is -2.24. The standard InChI is InChI=1S/C28H35FN6O5S/c1-17(2)23(33-27(37)40-28(3,4)5)25(36)35-41(7,38)15-18-9-8-10-20(13-18)32-26-31-16-30-24(34-26)21-12-11-19(29)14-22(21)39-6/h8-14,16-17,23H,15H2,1-7H3,(H,33,37)(H,30,31,32,34)/t23-,41+/m0/s1. The Kier molecular flexibility index (Phi) is 9.97. The molecule has 0 unspecified atom stereocenters. The van der Waals surface area contributed by atoms with Gasteiger partial charge in [-0.25, -0.2) is 23.4 Å². The summed E-state index contributed by atoms with van der Waals surface area (Å²) in [6, 6.07) is 10.1. The van der Waals surface area contributed by atoms with Gasteiger partial charge in [-0.1, -0.05) is 26.0 Å². The number of hydrogen-bond donors (Lipinski definition) is 2. The third-order valence-corrected chi connectivity index (χ3v) is 6.92. The summed E-state index contributed by atoms with van der Waals surface area (Å²) >= 11 is 0. The van der Waals surface area contributed by atoms with Crippen molar-refractivity contribution >= 4 is 33.4 Å². The van der Waals surface area contributed by atoms with Gasteiger partial charge in [-0.2, -0.15) is 9.35 Å². The first-order valence-electron chi connectivity index (χ1n) is 12.8. The molecule has 2 aromatic carbocycles. The summed E-state index contributed by atoms with van der Waals surface area (Å²) in [6.45, 7) is 8.65. The topological polar surface area (TPSA) is 145 Å². The summed E-state index contributed by atoms with van der Waals surface area (Å²) in [6.07, 6.45) is 1.96. The molecule has 0 bridgehead atoms. The highest BCUT2D eigenvalue weighted by Crippen LogP contribution is 2.28. The molecule has 11 nitrogen and oxygen atoms in total. The number of carbonyl (C=O) groups excluding carboxylic acids is 2. The summed E-state index contributed by atoms with van der Waals surface area (Å²) < 4.78 is 41.4. The van der Waals surface area contributed by atoms with Crippen LogP contribution in [0.3, 0.4) is 0 Å². The molecule has 3 aromatic rings. The molecule has 0 spiro atoms. The molecular formula is C28H35FN6O5S. The fourth-order valence-corrected chi connectivity index (χ4v) is 5.10. The van der Waals surface area contributed by atoms with Crippen LogP contribution in [0, 0.1) is 11.7 Å². The van der Waals surface area contributed by atoms with Crippen LogP contribution in [-0.2, 0) is 25.0 Å². The minimum Gasteiger partial charge on any atom is -0.496 e. The number of anilines is 2. The van der Waals surface area contributed by atoms with E-state index in [1.165, 1.54) is 37.9 Å². The Hall–Kier alpha value is -4.13. The van der Waals surface area contributed by atoms with E-state index in [2.05, 4.69) is 29.9 Å². The van der Waals surface area contributed by atoms with Gasteiger partial charge in [-0.15, -0.1) is 0 Å². The third kappa shape index (κ3) is 9.48. The Bertz CT molecular complexity index is 1530. The average molecular weight is 587 g/mol. The van der Waals surface area contributed by atoms with Crippen LogP contribution in [-0.4, -0.2) is 56.2 Å². The van der Waals surface area contributed by atoms with Crippen molar-refractivity contribution in [2.45, 2.75) is 52.0 Å². The highest BCUT2D eigenvalue weighted by atomic mass is 32.2. The lowest BCUT2D eigenvalue weighted by molar-refractivity contribution is -0.120. The number of halogens is 1. The Morgan fingerprint density at radius 1 is 1.12 bits per heavy atom. The molecule has 13 heteroatoms. The summed E-state index contributed by atoms with van der Waals surface area (Å²) in [5.41, 5.74) is 0.999. The minimum atomic E-state index is -3.01. The van der Waals surface area contributed by atoms with E-state index >= 15 is 0 Å². The molecule has 0 aliphatic heterocycles. The highest BCUT2D eigenvalue weighted by Gasteiger charge is 2.27. The quantitative estimate of drug-likeness (QED) is 0.350. The predicted octanol–water partition coefficient (Wildman–Crippen LogP) is 5.10. The Labute approximate surface area is 239 Å². The van der Waals surface area contributed by atoms with E-state index in [1.54, 1.807) is 58.9 Å². The maximum Gasteiger partial charge on any atom is 0.408 e. The first-order chi connectivity index (χ1) is 19.2. The van der Waals surface area contributed by atoms with Crippen LogP contribution in [0.15, 0.2) is 53.2 Å². The van der Waals surface area contributed by atoms with Gasteiger partial charge in [-0.3, -0.25) is 4.79 Å². The molecule has 0 aliphatic carbocycles. The van der Waals surface area contributed by atoms with Crippen LogP contribution in [0.4, 0.5) is 20.8 Å². The van der Waals surface area contributed by atoms with Crippen LogP contribution in [0.5, 0.6) is 5.75 Å². The van der Waals surface area contributed by atoms with E-state index < -0.39 is 39.2 Å². The van der Waals surface area contributed by atoms with Crippen LogP contribution in [0.1, 0.15) is 40.2 Å². The second-order valence-corrected chi connectivity index (χ2v) is 13.1. The molecule has 1 heterocycles. The van der Waals surface area contributed by atoms with Gasteiger partial charge in [0.2, 0.25) is 5.95 Å². The summed E-state index contributed by atoms with van der Waals surface area (Å²) in [5, 5.41) is 5.61. The van der Waals surface area contributed by atoms with Crippen LogP contribution in [0.2, 0.25) is 0 Å². The summed E-state index contributed by atoms with van der Waals surface area (Å²) in [4.78, 5) is 37.9. The van der Waals surface area contributed by atoms with Crippen molar-refractivity contribution in [1.29, 1.82) is 0 Å². The van der Waals surface area contributed by atoms with Gasteiger partial charge in [0, 0.05) is 18.0 Å². The molecule has 2 N–H and O–H groups in total. The zero-order valence-corrected chi connectivity index (χ0v) is 24.9. The monoisotopic (exact) mass is 586 g/mol. The second kappa shape index (κ2) is 13.0. The molecular weight excluding hydrogens is 551 g/mol. The van der Waals surface area contributed by atoms with Crippen LogP contribution in [0.25, 0.3) is 11.4 Å². The molecule has 220 valence electrons. The molecule has 0 fully saturated rings. The summed E-state index contributed by atoms with van der Waals surface area (Å²) in [7, 11) is -1.58. The van der Waals surface area contributed by atoms with Gasteiger partial charge in [0.15, 0.2) is 5.82 Å². The van der Waals surface area contributed by atoms with Crippen molar-refractivity contribution in [1.82, 2.24) is 20.3 Å². The second-order valence-electron chi connectivity index (χ2n) is 10.7. The van der Waals surface area contributed by atoms with Gasteiger partial charge in [0.25, 0.3) is 5.91 Å². The zero-order chi connectivity index (χ0) is 30.4. The minimum absolute atomic E-state index is 0.0132. The van der Waals surface area contributed by atoms with E-state index in [0.29, 0.717) is 16.8 Å². The van der Waals surface area contributed by atoms with E-state index in [1.807, 2.05) is 0 Å². The Morgan fingerprint density at radius 2 is 1.85 bits per heavy atom. The van der Waals surface area contributed by atoms with Gasteiger partial charge in [0.05, 0.1) is 28.2 Å². The number of amides is 2. The van der Waals surface area contributed by atoms with Crippen molar-refractivity contribution < 1.29 is 27.7 Å². The van der Waals surface area contributed by atoms with Gasteiger partial charge in [0.1, 0.15) is 29.5 Å². The van der Waals surface area contributed by atoms with Crippen LogP contribution < -0.4 is 15.4 Å². The lowest BCUT2D eigenvalue weighted by Crippen LogP contribution is -2.46. The zero-order valence-electron chi connectivity index (χ0n) is 24.1. The van der Waals surface area contributed by atoms with Gasteiger partial charge in [-0.05, 0) is 56.5 Å². The number of nitrogens with zero attached hydrogens (tertiary/aromatic N) is 4. The van der Waals surface area contributed by atoms with Gasteiger partial charge < -0.3 is 20.1 Å². The maximum atomic E-state index is 13.6. The average Bonchev–Trinajstić information content (AvgIpc) is 2.85. The maximum absolute atomic E-state index is 13.6. The number of methoxy groups -OCH3 is 1. The van der Waals surface area contributed by atoms with E-state index in [0.717, 1.165) is 0 Å². The number of carbonyl (C=O) groups is 2. The molecule has 0 aliphatic rings. The first kappa shape index (κ1) is 31.4. The molecule has 1 aromatic heterocycles. The van der Waals surface area contributed by atoms with Crippen molar-refractivity contribution in [3.05, 3.63) is 60.2 Å². The van der Waals surface area contributed by atoms with E-state index in [4.69, 9.17) is 9.47 Å². The Balaban J connectivity index is 1.77. The molecule has 41 heavy (non-hydrogen) atoms. The fourth-order valence-electron chi connectivity index (χ4n) is 3.74. The summed E-state index contributed by atoms with van der Waals surface area (Å²) in [5.74, 6) is -0.673. The molecule has 0 radical (unpaired) electrons. The lowest BCUT2D eigenvalue weighted by atomic mass is 10.0. The molecule has 0 saturated carbocycles. The number of benzene rings is 2. The van der Waals surface area contributed by atoms with Crippen molar-refractivity contribution in [2.24, 2.45) is 10.3 Å². The first-order valence-corrected chi connectivity index (χ1v) is 14.9. The number of aromatic nitrogens is 3. The number of hydrogen-bond acceptors (Lipinski definition) is 9. The number of nitrogens with one attached hydrogen (secondary N) is 2. The molecule has 2 amide bonds.